The van der Waals surface area contributed by atoms with Gasteiger partial charge in [0.1, 0.15) is 0 Å². The average molecular weight is 166 g/mol. The summed E-state index contributed by atoms with van der Waals surface area (Å²) >= 11 is 0. The number of rotatable bonds is 1. The largest absolute Gasteiger partial charge is 0.359 e. The Morgan fingerprint density at radius 1 is 1.58 bits per heavy atom. The van der Waals surface area contributed by atoms with Crippen LogP contribution in [0.5, 0.6) is 0 Å². The van der Waals surface area contributed by atoms with E-state index in [2.05, 4.69) is 10.5 Å². The van der Waals surface area contributed by atoms with E-state index in [1.165, 1.54) is 19.3 Å². The van der Waals surface area contributed by atoms with E-state index in [4.69, 9.17) is 4.52 Å². The van der Waals surface area contributed by atoms with Gasteiger partial charge in [-0.3, -0.25) is 0 Å². The van der Waals surface area contributed by atoms with Gasteiger partial charge in [0, 0.05) is 5.56 Å². The van der Waals surface area contributed by atoms with Crippen molar-refractivity contribution in [2.75, 3.05) is 6.54 Å². The summed E-state index contributed by atoms with van der Waals surface area (Å²) in [6.07, 6.45) is 5.53. The SMILES string of the molecule is Cc1cnoc1C1CCCCN1. The summed E-state index contributed by atoms with van der Waals surface area (Å²) in [4.78, 5) is 0. The van der Waals surface area contributed by atoms with Gasteiger partial charge >= 0.3 is 0 Å². The second-order valence-electron chi connectivity index (χ2n) is 3.38. The van der Waals surface area contributed by atoms with E-state index in [9.17, 15) is 0 Å². The highest BCUT2D eigenvalue weighted by molar-refractivity contribution is 5.15. The molecule has 1 unspecified atom stereocenters. The number of nitrogens with one attached hydrogen (secondary N) is 1. The Balaban J connectivity index is 2.13. The molecule has 1 atom stereocenters. The molecule has 0 aromatic carbocycles. The molecule has 3 nitrogen and oxygen atoms in total. The predicted octanol–water partition coefficient (Wildman–Crippen LogP) is 1.80. The van der Waals surface area contributed by atoms with Gasteiger partial charge in [-0.2, -0.15) is 0 Å². The number of hydrogen-bond donors (Lipinski definition) is 1. The molecule has 1 aromatic heterocycles. The van der Waals surface area contributed by atoms with Gasteiger partial charge < -0.3 is 9.84 Å². The molecule has 3 heteroatoms. The van der Waals surface area contributed by atoms with Gasteiger partial charge in [0.25, 0.3) is 0 Å². The van der Waals surface area contributed by atoms with Gasteiger partial charge in [-0.15, -0.1) is 0 Å². The minimum absolute atomic E-state index is 0.404. The second kappa shape index (κ2) is 3.27. The van der Waals surface area contributed by atoms with Crippen LogP contribution in [0.1, 0.15) is 36.6 Å². The first-order valence-electron chi connectivity index (χ1n) is 4.52. The minimum atomic E-state index is 0.404. The van der Waals surface area contributed by atoms with E-state index in [1.54, 1.807) is 6.20 Å². The maximum atomic E-state index is 5.19. The first kappa shape index (κ1) is 7.80. The number of aryl methyl sites for hydroxylation is 1. The third-order valence-corrected chi connectivity index (χ3v) is 2.41. The Morgan fingerprint density at radius 3 is 3.08 bits per heavy atom. The van der Waals surface area contributed by atoms with Crippen LogP contribution in [0, 0.1) is 6.92 Å². The highest BCUT2D eigenvalue weighted by Crippen LogP contribution is 2.24. The van der Waals surface area contributed by atoms with E-state index >= 15 is 0 Å². The molecule has 1 aliphatic heterocycles. The molecule has 1 aromatic rings. The third kappa shape index (κ3) is 1.37. The Kier molecular flexibility index (Phi) is 2.13. The molecule has 0 aliphatic carbocycles. The summed E-state index contributed by atoms with van der Waals surface area (Å²) in [5.74, 6) is 1.02. The lowest BCUT2D eigenvalue weighted by Crippen LogP contribution is -2.26. The summed E-state index contributed by atoms with van der Waals surface area (Å²) in [7, 11) is 0. The Bertz CT molecular complexity index is 251. The number of nitrogens with zero attached hydrogens (tertiary/aromatic N) is 1. The monoisotopic (exact) mass is 166 g/mol. The van der Waals surface area contributed by atoms with Gasteiger partial charge in [0.05, 0.1) is 12.2 Å². The number of piperidine rings is 1. The lowest BCUT2D eigenvalue weighted by Gasteiger charge is -2.21. The van der Waals surface area contributed by atoms with Crippen LogP contribution >= 0.6 is 0 Å². The topological polar surface area (TPSA) is 38.1 Å². The van der Waals surface area contributed by atoms with Crippen molar-refractivity contribution in [3.05, 3.63) is 17.5 Å². The molecule has 0 saturated carbocycles. The maximum absolute atomic E-state index is 5.19. The van der Waals surface area contributed by atoms with Crippen LogP contribution in [0.25, 0.3) is 0 Å². The van der Waals surface area contributed by atoms with Crippen LogP contribution in [0.3, 0.4) is 0 Å². The predicted molar refractivity (Wildman–Crippen MR) is 45.8 cm³/mol. The van der Waals surface area contributed by atoms with Crippen molar-refractivity contribution in [1.29, 1.82) is 0 Å². The zero-order chi connectivity index (χ0) is 8.39. The molecule has 1 aliphatic rings. The fraction of sp³-hybridized carbons (Fsp3) is 0.667. The quantitative estimate of drug-likeness (QED) is 0.691. The van der Waals surface area contributed by atoms with Gasteiger partial charge in [0.15, 0.2) is 5.76 Å². The van der Waals surface area contributed by atoms with Crippen LogP contribution in [0.15, 0.2) is 10.7 Å². The van der Waals surface area contributed by atoms with E-state index in [0.29, 0.717) is 6.04 Å². The van der Waals surface area contributed by atoms with Crippen molar-refractivity contribution < 1.29 is 4.52 Å². The Hall–Kier alpha value is -0.830. The molecular weight excluding hydrogens is 152 g/mol. The van der Waals surface area contributed by atoms with Gasteiger partial charge in [-0.05, 0) is 26.3 Å². The maximum Gasteiger partial charge on any atom is 0.156 e. The van der Waals surface area contributed by atoms with Crippen LogP contribution in [-0.4, -0.2) is 11.7 Å². The van der Waals surface area contributed by atoms with Crippen LogP contribution in [0.2, 0.25) is 0 Å². The lowest BCUT2D eigenvalue weighted by molar-refractivity contribution is 0.303. The molecule has 2 heterocycles. The highest BCUT2D eigenvalue weighted by Gasteiger charge is 2.19. The first-order valence-corrected chi connectivity index (χ1v) is 4.52. The van der Waals surface area contributed by atoms with Crippen LogP contribution in [0.4, 0.5) is 0 Å². The fourth-order valence-corrected chi connectivity index (χ4v) is 1.71. The highest BCUT2D eigenvalue weighted by atomic mass is 16.5. The van der Waals surface area contributed by atoms with E-state index < -0.39 is 0 Å². The second-order valence-corrected chi connectivity index (χ2v) is 3.38. The molecule has 1 fully saturated rings. The van der Waals surface area contributed by atoms with E-state index in [1.807, 2.05) is 6.92 Å². The van der Waals surface area contributed by atoms with Crippen molar-refractivity contribution in [1.82, 2.24) is 10.5 Å². The Morgan fingerprint density at radius 2 is 2.50 bits per heavy atom. The van der Waals surface area contributed by atoms with E-state index in [0.717, 1.165) is 17.9 Å². The first-order chi connectivity index (χ1) is 5.88. The van der Waals surface area contributed by atoms with Gasteiger partial charge in [0.2, 0.25) is 0 Å². The third-order valence-electron chi connectivity index (χ3n) is 2.41. The number of hydrogen-bond acceptors (Lipinski definition) is 3. The standard InChI is InChI=1S/C9H14N2O/c1-7-6-11-12-9(7)8-4-2-3-5-10-8/h6,8,10H,2-5H2,1H3. The molecule has 2 rings (SSSR count). The molecule has 0 bridgehead atoms. The van der Waals surface area contributed by atoms with Crippen molar-refractivity contribution in [2.45, 2.75) is 32.2 Å². The molecule has 0 radical (unpaired) electrons. The lowest BCUT2D eigenvalue weighted by atomic mass is 10.0. The summed E-state index contributed by atoms with van der Waals surface area (Å²) in [5.41, 5.74) is 1.16. The normalized spacial score (nSPS) is 24.2. The van der Waals surface area contributed by atoms with Crippen molar-refractivity contribution in [3.8, 4) is 0 Å². The zero-order valence-electron chi connectivity index (χ0n) is 7.34. The summed E-state index contributed by atoms with van der Waals surface area (Å²) in [6.45, 7) is 3.15. The van der Waals surface area contributed by atoms with Crippen molar-refractivity contribution in [2.24, 2.45) is 0 Å². The summed E-state index contributed by atoms with van der Waals surface area (Å²) in [5, 5.41) is 7.21. The Labute approximate surface area is 72.1 Å². The van der Waals surface area contributed by atoms with Crippen molar-refractivity contribution in [3.63, 3.8) is 0 Å². The molecule has 1 saturated heterocycles. The van der Waals surface area contributed by atoms with E-state index in [-0.39, 0.29) is 0 Å². The molecule has 12 heavy (non-hydrogen) atoms. The smallest absolute Gasteiger partial charge is 0.156 e. The summed E-state index contributed by atoms with van der Waals surface area (Å²) in [6, 6.07) is 0.404. The van der Waals surface area contributed by atoms with Gasteiger partial charge in [-0.1, -0.05) is 11.6 Å². The summed E-state index contributed by atoms with van der Waals surface area (Å²) < 4.78 is 5.19. The van der Waals surface area contributed by atoms with Crippen molar-refractivity contribution >= 4 is 0 Å². The fourth-order valence-electron chi connectivity index (χ4n) is 1.71. The molecule has 66 valence electrons. The van der Waals surface area contributed by atoms with Crippen LogP contribution in [-0.2, 0) is 0 Å². The van der Waals surface area contributed by atoms with Gasteiger partial charge in [-0.25, -0.2) is 0 Å². The molecule has 1 N–H and O–H groups in total. The molecule has 0 amide bonds. The van der Waals surface area contributed by atoms with Crippen LogP contribution < -0.4 is 5.32 Å². The minimum Gasteiger partial charge on any atom is -0.359 e. The number of aromatic nitrogens is 1. The zero-order valence-corrected chi connectivity index (χ0v) is 7.34. The molecular formula is C9H14N2O. The average Bonchev–Trinajstić information content (AvgIpc) is 2.53. The molecule has 0 spiro atoms.